The number of methoxy groups -OCH3 is 1. The molecule has 0 saturated heterocycles. The number of nitrogens with zero attached hydrogens (tertiary/aromatic N) is 2. The SMILES string of the molecule is CCOc1cc(C(=O)OCCN2C(=O)c3ccccc3C2=O)c([N+](=O)[O-])cc1OC. The van der Waals surface area contributed by atoms with Crippen LogP contribution >= 0.6 is 0 Å². The van der Waals surface area contributed by atoms with E-state index < -0.39 is 28.4 Å². The maximum atomic E-state index is 12.5. The van der Waals surface area contributed by atoms with E-state index in [9.17, 15) is 24.5 Å². The summed E-state index contributed by atoms with van der Waals surface area (Å²) in [6.07, 6.45) is 0. The van der Waals surface area contributed by atoms with Crippen molar-refractivity contribution in [3.63, 3.8) is 0 Å². The van der Waals surface area contributed by atoms with Crippen LogP contribution in [-0.4, -0.2) is 54.5 Å². The van der Waals surface area contributed by atoms with Crippen molar-refractivity contribution < 1.29 is 33.5 Å². The van der Waals surface area contributed by atoms with Crippen molar-refractivity contribution in [1.29, 1.82) is 0 Å². The van der Waals surface area contributed by atoms with Gasteiger partial charge >= 0.3 is 5.97 Å². The largest absolute Gasteiger partial charge is 0.493 e. The van der Waals surface area contributed by atoms with Crippen molar-refractivity contribution in [3.8, 4) is 11.5 Å². The minimum Gasteiger partial charge on any atom is -0.493 e. The molecule has 156 valence electrons. The molecule has 3 rings (SSSR count). The molecule has 1 heterocycles. The first-order chi connectivity index (χ1) is 14.4. The van der Waals surface area contributed by atoms with Crippen LogP contribution in [0.5, 0.6) is 11.5 Å². The van der Waals surface area contributed by atoms with E-state index in [-0.39, 0.29) is 47.9 Å². The van der Waals surface area contributed by atoms with Crippen molar-refractivity contribution in [2.75, 3.05) is 26.9 Å². The maximum absolute atomic E-state index is 12.5. The fourth-order valence-electron chi connectivity index (χ4n) is 3.04. The zero-order chi connectivity index (χ0) is 21.8. The normalized spacial score (nSPS) is 12.5. The van der Waals surface area contributed by atoms with Gasteiger partial charge in [-0.1, -0.05) is 12.1 Å². The van der Waals surface area contributed by atoms with E-state index in [1.165, 1.54) is 25.3 Å². The minimum absolute atomic E-state index is 0.103. The van der Waals surface area contributed by atoms with Gasteiger partial charge < -0.3 is 14.2 Å². The average molecular weight is 414 g/mol. The fourth-order valence-corrected chi connectivity index (χ4v) is 3.04. The number of hydrogen-bond donors (Lipinski definition) is 0. The molecule has 0 aliphatic carbocycles. The average Bonchev–Trinajstić information content (AvgIpc) is 2.98. The van der Waals surface area contributed by atoms with Gasteiger partial charge in [0.05, 0.1) is 42.4 Å². The first-order valence-electron chi connectivity index (χ1n) is 9.00. The molecule has 30 heavy (non-hydrogen) atoms. The summed E-state index contributed by atoms with van der Waals surface area (Å²) in [5.74, 6) is -1.70. The summed E-state index contributed by atoms with van der Waals surface area (Å²) in [6.45, 7) is 1.46. The van der Waals surface area contributed by atoms with Gasteiger partial charge in [-0.3, -0.25) is 24.6 Å². The lowest BCUT2D eigenvalue weighted by atomic mass is 10.1. The number of carbonyl (C=O) groups excluding carboxylic acids is 3. The molecule has 0 aromatic heterocycles. The quantitative estimate of drug-likeness (QED) is 0.279. The molecule has 0 radical (unpaired) electrons. The number of nitro groups is 1. The predicted octanol–water partition coefficient (Wildman–Crippen LogP) is 2.46. The number of carbonyl (C=O) groups is 3. The van der Waals surface area contributed by atoms with E-state index >= 15 is 0 Å². The maximum Gasteiger partial charge on any atom is 0.345 e. The van der Waals surface area contributed by atoms with Gasteiger partial charge in [0, 0.05) is 6.07 Å². The van der Waals surface area contributed by atoms with E-state index in [2.05, 4.69) is 0 Å². The first-order valence-corrected chi connectivity index (χ1v) is 9.00. The molecule has 0 N–H and O–H groups in total. The molecule has 0 atom stereocenters. The highest BCUT2D eigenvalue weighted by atomic mass is 16.6. The molecule has 10 nitrogen and oxygen atoms in total. The highest BCUT2D eigenvalue weighted by Gasteiger charge is 2.35. The number of imide groups is 1. The smallest absolute Gasteiger partial charge is 0.345 e. The van der Waals surface area contributed by atoms with Gasteiger partial charge in [0.1, 0.15) is 12.2 Å². The monoisotopic (exact) mass is 414 g/mol. The molecule has 0 unspecified atom stereocenters. The number of rotatable bonds is 8. The van der Waals surface area contributed by atoms with E-state index in [4.69, 9.17) is 14.2 Å². The number of ether oxygens (including phenoxy) is 3. The molecule has 2 amide bonds. The number of nitro benzene ring substituents is 1. The Kier molecular flexibility index (Phi) is 5.95. The molecule has 0 bridgehead atoms. The Hall–Kier alpha value is -3.95. The molecule has 2 aromatic rings. The Morgan fingerprint density at radius 3 is 2.27 bits per heavy atom. The zero-order valence-corrected chi connectivity index (χ0v) is 16.2. The van der Waals surface area contributed by atoms with Crippen LogP contribution in [0.2, 0.25) is 0 Å². The van der Waals surface area contributed by atoms with Gasteiger partial charge in [-0.2, -0.15) is 0 Å². The van der Waals surface area contributed by atoms with E-state index in [0.29, 0.717) is 0 Å². The van der Waals surface area contributed by atoms with Crippen LogP contribution in [0.25, 0.3) is 0 Å². The molecule has 0 spiro atoms. The van der Waals surface area contributed by atoms with Gasteiger partial charge in [-0.05, 0) is 19.1 Å². The van der Waals surface area contributed by atoms with Gasteiger partial charge in [-0.15, -0.1) is 0 Å². The van der Waals surface area contributed by atoms with E-state index in [1.54, 1.807) is 19.1 Å². The van der Waals surface area contributed by atoms with E-state index in [1.807, 2.05) is 0 Å². The number of fused-ring (bicyclic) bond motifs is 1. The highest BCUT2D eigenvalue weighted by molar-refractivity contribution is 6.21. The highest BCUT2D eigenvalue weighted by Crippen LogP contribution is 2.35. The summed E-state index contributed by atoms with van der Waals surface area (Å²) in [5, 5.41) is 11.4. The second kappa shape index (κ2) is 8.60. The molecule has 0 fully saturated rings. The predicted molar refractivity (Wildman–Crippen MR) is 103 cm³/mol. The Balaban J connectivity index is 1.74. The second-order valence-corrected chi connectivity index (χ2v) is 6.15. The molecule has 10 heteroatoms. The van der Waals surface area contributed by atoms with E-state index in [0.717, 1.165) is 11.0 Å². The molecule has 0 saturated carbocycles. The summed E-state index contributed by atoms with van der Waals surface area (Å²) in [4.78, 5) is 48.7. The van der Waals surface area contributed by atoms with Crippen LogP contribution in [0, 0.1) is 10.1 Å². The lowest BCUT2D eigenvalue weighted by molar-refractivity contribution is -0.385. The van der Waals surface area contributed by atoms with Gasteiger partial charge in [0.2, 0.25) is 0 Å². The lowest BCUT2D eigenvalue weighted by Crippen LogP contribution is -2.33. The standard InChI is InChI=1S/C20H18N2O8/c1-3-29-17-10-14(15(22(26)27)11-16(17)28-2)20(25)30-9-8-21-18(23)12-6-4-5-7-13(12)19(21)24/h4-7,10-11H,3,8-9H2,1-2H3. The summed E-state index contributed by atoms with van der Waals surface area (Å²) >= 11 is 0. The molecule has 2 aromatic carbocycles. The summed E-state index contributed by atoms with van der Waals surface area (Å²) < 4.78 is 15.5. The third-order valence-corrected chi connectivity index (χ3v) is 4.42. The summed E-state index contributed by atoms with van der Waals surface area (Å²) in [5.41, 5.74) is -0.283. The number of hydrogen-bond acceptors (Lipinski definition) is 8. The van der Waals surface area contributed by atoms with Crippen molar-refractivity contribution in [3.05, 3.63) is 63.2 Å². The summed E-state index contributed by atoms with van der Waals surface area (Å²) in [6, 6.07) is 8.62. The first kappa shape index (κ1) is 20.8. The number of benzene rings is 2. The second-order valence-electron chi connectivity index (χ2n) is 6.15. The van der Waals surface area contributed by atoms with Gasteiger partial charge in [0.25, 0.3) is 17.5 Å². The molecular formula is C20H18N2O8. The van der Waals surface area contributed by atoms with Crippen LogP contribution in [-0.2, 0) is 4.74 Å². The summed E-state index contributed by atoms with van der Waals surface area (Å²) in [7, 11) is 1.32. The Morgan fingerprint density at radius 2 is 1.73 bits per heavy atom. The number of esters is 1. The third kappa shape index (κ3) is 3.79. The zero-order valence-electron chi connectivity index (χ0n) is 16.2. The van der Waals surface area contributed by atoms with Crippen LogP contribution < -0.4 is 9.47 Å². The third-order valence-electron chi connectivity index (χ3n) is 4.42. The van der Waals surface area contributed by atoms with Crippen LogP contribution in [0.15, 0.2) is 36.4 Å². The van der Waals surface area contributed by atoms with Crippen molar-refractivity contribution in [2.24, 2.45) is 0 Å². The molecule has 1 aliphatic heterocycles. The Labute approximate surface area is 171 Å². The number of amides is 2. The van der Waals surface area contributed by atoms with Gasteiger partial charge in [-0.25, -0.2) is 4.79 Å². The minimum atomic E-state index is -0.984. The fraction of sp³-hybridized carbons (Fsp3) is 0.250. The van der Waals surface area contributed by atoms with Crippen molar-refractivity contribution in [2.45, 2.75) is 6.92 Å². The van der Waals surface area contributed by atoms with Crippen molar-refractivity contribution >= 4 is 23.5 Å². The topological polar surface area (TPSA) is 125 Å². The molecular weight excluding hydrogens is 396 g/mol. The van der Waals surface area contributed by atoms with Crippen LogP contribution in [0.3, 0.4) is 0 Å². The molecule has 1 aliphatic rings. The van der Waals surface area contributed by atoms with Crippen LogP contribution in [0.4, 0.5) is 5.69 Å². The van der Waals surface area contributed by atoms with Crippen molar-refractivity contribution in [1.82, 2.24) is 4.90 Å². The van der Waals surface area contributed by atoms with Crippen LogP contribution in [0.1, 0.15) is 38.0 Å². The van der Waals surface area contributed by atoms with Gasteiger partial charge in [0.15, 0.2) is 11.5 Å². The lowest BCUT2D eigenvalue weighted by Gasteiger charge is -2.14. The Morgan fingerprint density at radius 1 is 1.10 bits per heavy atom. The Bertz CT molecular complexity index is 998.